The topological polar surface area (TPSA) is 59.1 Å². The predicted molar refractivity (Wildman–Crippen MR) is 76.8 cm³/mol. The van der Waals surface area contributed by atoms with E-state index >= 15 is 0 Å². The summed E-state index contributed by atoms with van der Waals surface area (Å²) in [5, 5.41) is 2.79. The Balaban J connectivity index is 2.20. The summed E-state index contributed by atoms with van der Waals surface area (Å²) in [5.74, 6) is 0. The maximum atomic E-state index is 12.2. The van der Waals surface area contributed by atoms with Crippen molar-refractivity contribution >= 4 is 21.4 Å². The zero-order chi connectivity index (χ0) is 14.0. The number of nitrogens with zero attached hydrogens (tertiary/aromatic N) is 1. The largest absolute Gasteiger partial charge is 0.245 e. The molecule has 4 nitrogen and oxygen atoms in total. The Morgan fingerprint density at radius 3 is 2.63 bits per heavy atom. The van der Waals surface area contributed by atoms with Crippen LogP contribution in [0, 0.1) is 20.8 Å². The lowest BCUT2D eigenvalue weighted by atomic mass is 10.2. The van der Waals surface area contributed by atoms with Crippen molar-refractivity contribution in [3.05, 3.63) is 45.4 Å². The van der Waals surface area contributed by atoms with Gasteiger partial charge in [0.05, 0.1) is 22.1 Å². The third-order valence-corrected chi connectivity index (χ3v) is 5.11. The van der Waals surface area contributed by atoms with E-state index in [0.717, 1.165) is 21.8 Å². The van der Waals surface area contributed by atoms with Crippen LogP contribution in [0.3, 0.4) is 0 Å². The second kappa shape index (κ2) is 5.40. The summed E-state index contributed by atoms with van der Waals surface area (Å²) in [6.07, 6.45) is 0. The van der Waals surface area contributed by atoms with Crippen LogP contribution in [0.4, 0.5) is 0 Å². The molecular formula is C13H16N2O2S2. The molecule has 1 N–H and O–H groups in total. The van der Waals surface area contributed by atoms with Gasteiger partial charge in [0.2, 0.25) is 10.0 Å². The number of hydrogen-bond donors (Lipinski definition) is 1. The van der Waals surface area contributed by atoms with Crippen LogP contribution in [0.2, 0.25) is 0 Å². The van der Waals surface area contributed by atoms with Crippen molar-refractivity contribution in [2.75, 3.05) is 0 Å². The van der Waals surface area contributed by atoms with E-state index in [2.05, 4.69) is 9.71 Å². The van der Waals surface area contributed by atoms with E-state index < -0.39 is 10.0 Å². The van der Waals surface area contributed by atoms with Crippen molar-refractivity contribution in [1.29, 1.82) is 0 Å². The molecule has 0 aliphatic heterocycles. The Kier molecular flexibility index (Phi) is 4.03. The van der Waals surface area contributed by atoms with Crippen LogP contribution in [0.1, 0.15) is 21.8 Å². The van der Waals surface area contributed by atoms with E-state index in [1.807, 2.05) is 31.4 Å². The molecular weight excluding hydrogens is 280 g/mol. The van der Waals surface area contributed by atoms with Gasteiger partial charge in [0, 0.05) is 5.38 Å². The van der Waals surface area contributed by atoms with Gasteiger partial charge in [-0.25, -0.2) is 18.1 Å². The number of aromatic nitrogens is 1. The molecule has 1 aromatic carbocycles. The number of rotatable bonds is 4. The van der Waals surface area contributed by atoms with Gasteiger partial charge in [0.25, 0.3) is 0 Å². The van der Waals surface area contributed by atoms with Gasteiger partial charge in [-0.2, -0.15) is 0 Å². The summed E-state index contributed by atoms with van der Waals surface area (Å²) in [6.45, 7) is 5.79. The second-order valence-electron chi connectivity index (χ2n) is 4.45. The van der Waals surface area contributed by atoms with Gasteiger partial charge >= 0.3 is 0 Å². The minimum atomic E-state index is -3.49. The fourth-order valence-electron chi connectivity index (χ4n) is 1.73. The lowest BCUT2D eigenvalue weighted by molar-refractivity contribution is 0.580. The first-order valence-corrected chi connectivity index (χ1v) is 8.23. The first-order valence-electron chi connectivity index (χ1n) is 5.86. The van der Waals surface area contributed by atoms with Crippen LogP contribution in [0.15, 0.2) is 28.5 Å². The number of sulfonamides is 1. The first kappa shape index (κ1) is 14.2. The van der Waals surface area contributed by atoms with Crippen LogP contribution in [-0.2, 0) is 16.6 Å². The smallest absolute Gasteiger partial charge is 0.241 e. The molecule has 0 fully saturated rings. The van der Waals surface area contributed by atoms with Crippen molar-refractivity contribution in [2.45, 2.75) is 32.2 Å². The SMILES string of the molecule is Cc1ccc(C)c(S(=O)(=O)NCc2csc(C)n2)c1. The van der Waals surface area contributed by atoms with Crippen molar-refractivity contribution in [3.63, 3.8) is 0 Å². The third-order valence-electron chi connectivity index (χ3n) is 2.74. The van der Waals surface area contributed by atoms with Gasteiger partial charge in [-0.1, -0.05) is 12.1 Å². The van der Waals surface area contributed by atoms with Crippen LogP contribution in [0.25, 0.3) is 0 Å². The Hall–Kier alpha value is -1.24. The third kappa shape index (κ3) is 3.40. The highest BCUT2D eigenvalue weighted by Gasteiger charge is 2.17. The molecule has 6 heteroatoms. The lowest BCUT2D eigenvalue weighted by Gasteiger charge is -2.09. The molecule has 0 atom stereocenters. The van der Waals surface area contributed by atoms with Gasteiger partial charge in [-0.05, 0) is 38.0 Å². The zero-order valence-corrected chi connectivity index (χ0v) is 12.7. The Morgan fingerprint density at radius 1 is 1.26 bits per heavy atom. The monoisotopic (exact) mass is 296 g/mol. The highest BCUT2D eigenvalue weighted by Crippen LogP contribution is 2.17. The normalized spacial score (nSPS) is 11.7. The van der Waals surface area contributed by atoms with Crippen LogP contribution in [0.5, 0.6) is 0 Å². The average molecular weight is 296 g/mol. The number of aryl methyl sites for hydroxylation is 3. The van der Waals surface area contributed by atoms with Gasteiger partial charge in [-0.3, -0.25) is 0 Å². The molecule has 0 saturated carbocycles. The maximum absolute atomic E-state index is 12.2. The highest BCUT2D eigenvalue weighted by atomic mass is 32.2. The Bertz CT molecular complexity index is 690. The molecule has 19 heavy (non-hydrogen) atoms. The van der Waals surface area contributed by atoms with Gasteiger partial charge in [-0.15, -0.1) is 11.3 Å². The molecule has 0 spiro atoms. The molecule has 0 unspecified atom stereocenters. The van der Waals surface area contributed by atoms with Crippen LogP contribution >= 0.6 is 11.3 Å². The zero-order valence-electron chi connectivity index (χ0n) is 11.1. The molecule has 0 amide bonds. The fourth-order valence-corrected chi connectivity index (χ4v) is 3.67. The molecule has 1 aromatic heterocycles. The highest BCUT2D eigenvalue weighted by molar-refractivity contribution is 7.89. The minimum Gasteiger partial charge on any atom is -0.245 e. The fraction of sp³-hybridized carbons (Fsp3) is 0.308. The van der Waals surface area contributed by atoms with Gasteiger partial charge < -0.3 is 0 Å². The van der Waals surface area contributed by atoms with Gasteiger partial charge in [0.15, 0.2) is 0 Å². The molecule has 0 saturated heterocycles. The summed E-state index contributed by atoms with van der Waals surface area (Å²) in [7, 11) is -3.49. The molecule has 0 aliphatic rings. The summed E-state index contributed by atoms with van der Waals surface area (Å²) < 4.78 is 27.1. The first-order chi connectivity index (χ1) is 8.88. The number of thiazole rings is 1. The number of benzene rings is 1. The van der Waals surface area contributed by atoms with Crippen molar-refractivity contribution in [2.24, 2.45) is 0 Å². The number of nitrogens with one attached hydrogen (secondary N) is 1. The molecule has 1 heterocycles. The Morgan fingerprint density at radius 2 is 2.00 bits per heavy atom. The molecule has 0 bridgehead atoms. The maximum Gasteiger partial charge on any atom is 0.241 e. The predicted octanol–water partition coefficient (Wildman–Crippen LogP) is 2.55. The molecule has 0 aliphatic carbocycles. The number of hydrogen-bond acceptors (Lipinski definition) is 4. The van der Waals surface area contributed by atoms with Gasteiger partial charge in [0.1, 0.15) is 0 Å². The quantitative estimate of drug-likeness (QED) is 0.943. The summed E-state index contributed by atoms with van der Waals surface area (Å²) in [6, 6.07) is 5.40. The molecule has 2 aromatic rings. The van der Waals surface area contributed by atoms with E-state index in [-0.39, 0.29) is 6.54 Å². The second-order valence-corrected chi connectivity index (χ2v) is 7.25. The average Bonchev–Trinajstić information content (AvgIpc) is 2.76. The van der Waals surface area contributed by atoms with E-state index in [1.54, 1.807) is 13.0 Å². The summed E-state index contributed by atoms with van der Waals surface area (Å²) in [5.41, 5.74) is 2.42. The van der Waals surface area contributed by atoms with E-state index in [4.69, 9.17) is 0 Å². The van der Waals surface area contributed by atoms with E-state index in [0.29, 0.717) is 4.90 Å². The Labute approximate surface area is 117 Å². The molecule has 102 valence electrons. The molecule has 2 rings (SSSR count). The summed E-state index contributed by atoms with van der Waals surface area (Å²) in [4.78, 5) is 4.57. The lowest BCUT2D eigenvalue weighted by Crippen LogP contribution is -2.24. The van der Waals surface area contributed by atoms with Crippen molar-refractivity contribution in [3.8, 4) is 0 Å². The molecule has 0 radical (unpaired) electrons. The van der Waals surface area contributed by atoms with Crippen LogP contribution in [-0.4, -0.2) is 13.4 Å². The van der Waals surface area contributed by atoms with Crippen LogP contribution < -0.4 is 4.72 Å². The van der Waals surface area contributed by atoms with Crippen molar-refractivity contribution < 1.29 is 8.42 Å². The standard InChI is InChI=1S/C13H16N2O2S2/c1-9-4-5-10(2)13(6-9)19(16,17)14-7-12-8-18-11(3)15-12/h4-6,8,14H,7H2,1-3H3. The van der Waals surface area contributed by atoms with E-state index in [1.165, 1.54) is 11.3 Å². The minimum absolute atomic E-state index is 0.222. The van der Waals surface area contributed by atoms with E-state index in [9.17, 15) is 8.42 Å². The van der Waals surface area contributed by atoms with Crippen molar-refractivity contribution in [1.82, 2.24) is 9.71 Å². The summed E-state index contributed by atoms with van der Waals surface area (Å²) >= 11 is 1.51.